The third-order valence-electron chi connectivity index (χ3n) is 2.91. The van der Waals surface area contributed by atoms with Gasteiger partial charge in [-0.25, -0.2) is 4.98 Å². The number of hydrogen-bond donors (Lipinski definition) is 2. The van der Waals surface area contributed by atoms with Crippen LogP contribution in [0.2, 0.25) is 5.02 Å². The summed E-state index contributed by atoms with van der Waals surface area (Å²) in [6.45, 7) is 4.67. The number of halogens is 1. The summed E-state index contributed by atoms with van der Waals surface area (Å²) in [6.07, 6.45) is -0.590. The molecule has 21 heavy (non-hydrogen) atoms. The Balaban J connectivity index is 1.73. The van der Waals surface area contributed by atoms with E-state index >= 15 is 0 Å². The Hall–Kier alpha value is -1.14. The summed E-state index contributed by atoms with van der Waals surface area (Å²) in [4.78, 5) is 4.42. The lowest BCUT2D eigenvalue weighted by atomic mass is 10.3. The number of nitrogens with one attached hydrogen (secondary N) is 1. The Kier molecular flexibility index (Phi) is 5.99. The van der Waals surface area contributed by atoms with Crippen molar-refractivity contribution in [2.45, 2.75) is 26.0 Å². The largest absolute Gasteiger partial charge is 0.491 e. The molecule has 1 aromatic carbocycles. The van der Waals surface area contributed by atoms with E-state index in [0.717, 1.165) is 10.7 Å². The molecule has 2 unspecified atom stereocenters. The first-order valence-electron chi connectivity index (χ1n) is 6.76. The molecule has 0 fully saturated rings. The molecule has 4 nitrogen and oxygen atoms in total. The molecular formula is C15H19ClN2O2S. The van der Waals surface area contributed by atoms with E-state index in [1.165, 1.54) is 0 Å². The zero-order chi connectivity index (χ0) is 15.2. The highest BCUT2D eigenvalue weighted by Crippen LogP contribution is 2.18. The Bertz CT molecular complexity index is 576. The molecule has 0 aliphatic heterocycles. The predicted molar refractivity (Wildman–Crippen MR) is 86.2 cm³/mol. The van der Waals surface area contributed by atoms with Crippen molar-refractivity contribution in [1.29, 1.82) is 0 Å². The third kappa shape index (κ3) is 5.28. The Morgan fingerprint density at radius 1 is 1.48 bits per heavy atom. The van der Waals surface area contributed by atoms with Crippen LogP contribution in [0.3, 0.4) is 0 Å². The predicted octanol–water partition coefficient (Wildman–Crippen LogP) is 3.20. The monoisotopic (exact) mass is 326 g/mol. The second-order valence-corrected chi connectivity index (χ2v) is 6.21. The van der Waals surface area contributed by atoms with Gasteiger partial charge in [-0.15, -0.1) is 11.3 Å². The van der Waals surface area contributed by atoms with Crippen LogP contribution in [0.1, 0.15) is 23.7 Å². The van der Waals surface area contributed by atoms with Gasteiger partial charge in [0, 0.05) is 22.6 Å². The van der Waals surface area contributed by atoms with Gasteiger partial charge in [-0.3, -0.25) is 0 Å². The smallest absolute Gasteiger partial charge is 0.120 e. The van der Waals surface area contributed by atoms with E-state index < -0.39 is 6.10 Å². The minimum Gasteiger partial charge on any atom is -0.491 e. The third-order valence-corrected chi connectivity index (χ3v) is 4.29. The van der Waals surface area contributed by atoms with Crippen molar-refractivity contribution in [1.82, 2.24) is 10.3 Å². The first kappa shape index (κ1) is 16.2. The number of aromatic nitrogens is 1. The maximum Gasteiger partial charge on any atom is 0.120 e. The minimum absolute atomic E-state index is 0.115. The summed E-state index contributed by atoms with van der Waals surface area (Å²) in [7, 11) is 0. The second kappa shape index (κ2) is 7.75. The molecule has 0 spiro atoms. The number of aliphatic hydroxyl groups excluding tert-OH is 1. The van der Waals surface area contributed by atoms with Crippen LogP contribution in [0, 0.1) is 6.92 Å². The van der Waals surface area contributed by atoms with Gasteiger partial charge in [0.1, 0.15) is 23.5 Å². The van der Waals surface area contributed by atoms with E-state index in [-0.39, 0.29) is 12.6 Å². The maximum absolute atomic E-state index is 9.94. The minimum atomic E-state index is -0.590. The van der Waals surface area contributed by atoms with E-state index in [9.17, 15) is 5.11 Å². The molecule has 6 heteroatoms. The first-order valence-corrected chi connectivity index (χ1v) is 8.02. The highest BCUT2D eigenvalue weighted by Gasteiger charge is 2.12. The van der Waals surface area contributed by atoms with Gasteiger partial charge < -0.3 is 15.2 Å². The fourth-order valence-corrected chi connectivity index (χ4v) is 2.79. The average molecular weight is 327 g/mol. The number of rotatable bonds is 7. The van der Waals surface area contributed by atoms with Gasteiger partial charge in [0.15, 0.2) is 0 Å². The Morgan fingerprint density at radius 2 is 2.29 bits per heavy atom. The lowest BCUT2D eigenvalue weighted by Crippen LogP contribution is -2.33. The number of thiazole rings is 1. The fourth-order valence-electron chi connectivity index (χ4n) is 1.78. The van der Waals surface area contributed by atoms with Crippen LogP contribution in [-0.2, 0) is 0 Å². The summed E-state index contributed by atoms with van der Waals surface area (Å²) >= 11 is 7.49. The van der Waals surface area contributed by atoms with E-state index in [1.54, 1.807) is 23.5 Å². The highest BCUT2D eigenvalue weighted by molar-refractivity contribution is 7.09. The van der Waals surface area contributed by atoms with Gasteiger partial charge in [-0.2, -0.15) is 0 Å². The number of aliphatic hydroxyl groups is 1. The van der Waals surface area contributed by atoms with E-state index in [1.807, 2.05) is 31.4 Å². The van der Waals surface area contributed by atoms with Gasteiger partial charge >= 0.3 is 0 Å². The standard InChI is InChI=1S/C15H19ClN2O2S/c1-10-9-21-15(18-10)11(2)17-7-13(19)8-20-14-5-3-4-12(16)6-14/h3-6,9,11,13,17,19H,7-8H2,1-2H3. The summed E-state index contributed by atoms with van der Waals surface area (Å²) < 4.78 is 5.50. The Labute approximate surface area is 133 Å². The maximum atomic E-state index is 9.94. The van der Waals surface area contributed by atoms with Crippen LogP contribution in [0.15, 0.2) is 29.6 Å². The molecule has 0 saturated carbocycles. The van der Waals surface area contributed by atoms with Gasteiger partial charge in [-0.05, 0) is 32.0 Å². The molecule has 0 amide bonds. The van der Waals surface area contributed by atoms with Crippen LogP contribution in [-0.4, -0.2) is 29.3 Å². The molecule has 1 aromatic heterocycles. The van der Waals surface area contributed by atoms with Crippen molar-refractivity contribution in [3.05, 3.63) is 45.4 Å². The molecule has 0 aliphatic carbocycles. The first-order chi connectivity index (χ1) is 10.0. The van der Waals surface area contributed by atoms with E-state index in [4.69, 9.17) is 16.3 Å². The SMILES string of the molecule is Cc1csc(C(C)NCC(O)COc2cccc(Cl)c2)n1. The average Bonchev–Trinajstić information content (AvgIpc) is 2.89. The number of benzene rings is 1. The molecule has 1 heterocycles. The van der Waals surface area contributed by atoms with Crippen molar-refractivity contribution in [3.63, 3.8) is 0 Å². The molecule has 2 rings (SSSR count). The van der Waals surface area contributed by atoms with Crippen molar-refractivity contribution in [2.24, 2.45) is 0 Å². The van der Waals surface area contributed by atoms with Crippen molar-refractivity contribution >= 4 is 22.9 Å². The van der Waals surface area contributed by atoms with Crippen LogP contribution in [0.4, 0.5) is 0 Å². The van der Waals surface area contributed by atoms with Crippen LogP contribution in [0.25, 0.3) is 0 Å². The molecule has 0 bridgehead atoms. The lowest BCUT2D eigenvalue weighted by molar-refractivity contribution is 0.104. The number of ether oxygens (including phenoxy) is 1. The fraction of sp³-hybridized carbons (Fsp3) is 0.400. The summed E-state index contributed by atoms with van der Waals surface area (Å²) in [5.41, 5.74) is 1.02. The normalized spacial score (nSPS) is 13.9. The van der Waals surface area contributed by atoms with Crippen LogP contribution < -0.4 is 10.1 Å². The second-order valence-electron chi connectivity index (χ2n) is 4.88. The lowest BCUT2D eigenvalue weighted by Gasteiger charge is -2.16. The van der Waals surface area contributed by atoms with Crippen molar-refractivity contribution < 1.29 is 9.84 Å². The summed E-state index contributed by atoms with van der Waals surface area (Å²) in [6, 6.07) is 7.25. The molecule has 0 aliphatic rings. The molecule has 0 saturated heterocycles. The van der Waals surface area contributed by atoms with Crippen LogP contribution in [0.5, 0.6) is 5.75 Å². The Morgan fingerprint density at radius 3 is 2.95 bits per heavy atom. The molecule has 114 valence electrons. The summed E-state index contributed by atoms with van der Waals surface area (Å²) in [5, 5.41) is 16.9. The molecule has 0 radical (unpaired) electrons. The molecule has 2 atom stereocenters. The zero-order valence-corrected chi connectivity index (χ0v) is 13.6. The quantitative estimate of drug-likeness (QED) is 0.820. The summed E-state index contributed by atoms with van der Waals surface area (Å²) in [5.74, 6) is 0.658. The van der Waals surface area contributed by atoms with E-state index in [0.29, 0.717) is 17.3 Å². The van der Waals surface area contributed by atoms with Gasteiger partial charge in [0.2, 0.25) is 0 Å². The molecular weight excluding hydrogens is 308 g/mol. The number of aryl methyl sites for hydroxylation is 1. The highest BCUT2D eigenvalue weighted by atomic mass is 35.5. The number of hydrogen-bond acceptors (Lipinski definition) is 5. The van der Waals surface area contributed by atoms with Gasteiger partial charge in [0.25, 0.3) is 0 Å². The van der Waals surface area contributed by atoms with Crippen molar-refractivity contribution in [3.8, 4) is 5.75 Å². The van der Waals surface area contributed by atoms with Gasteiger partial charge in [-0.1, -0.05) is 17.7 Å². The zero-order valence-electron chi connectivity index (χ0n) is 12.0. The number of nitrogens with zero attached hydrogens (tertiary/aromatic N) is 1. The molecule has 2 aromatic rings. The van der Waals surface area contributed by atoms with Crippen molar-refractivity contribution in [2.75, 3.05) is 13.2 Å². The molecule has 2 N–H and O–H groups in total. The van der Waals surface area contributed by atoms with Gasteiger partial charge in [0.05, 0.1) is 6.04 Å². The van der Waals surface area contributed by atoms with E-state index in [2.05, 4.69) is 10.3 Å². The van der Waals surface area contributed by atoms with Crippen LogP contribution >= 0.6 is 22.9 Å². The topological polar surface area (TPSA) is 54.4 Å².